The van der Waals surface area contributed by atoms with Crippen LogP contribution in [0.25, 0.3) is 0 Å². The van der Waals surface area contributed by atoms with Gasteiger partial charge >= 0.3 is 0 Å². The number of ether oxygens (including phenoxy) is 1. The lowest BCUT2D eigenvalue weighted by molar-refractivity contribution is 0.160. The third-order valence-corrected chi connectivity index (χ3v) is 3.09. The third kappa shape index (κ3) is 2.01. The van der Waals surface area contributed by atoms with Crippen LogP contribution in [0.1, 0.15) is 32.1 Å². The van der Waals surface area contributed by atoms with Gasteiger partial charge in [0.2, 0.25) is 0 Å². The van der Waals surface area contributed by atoms with Gasteiger partial charge in [-0.1, -0.05) is 6.42 Å². The highest BCUT2D eigenvalue weighted by atomic mass is 32.1. The molecule has 0 radical (unpaired) electrons. The Morgan fingerprint density at radius 1 is 1.25 bits per heavy atom. The van der Waals surface area contributed by atoms with Gasteiger partial charge in [-0.25, -0.2) is 0 Å². The first-order valence-corrected chi connectivity index (χ1v) is 5.53. The van der Waals surface area contributed by atoms with Crippen molar-refractivity contribution in [2.75, 3.05) is 0 Å². The van der Waals surface area contributed by atoms with Crippen molar-refractivity contribution in [3.8, 4) is 5.06 Å². The van der Waals surface area contributed by atoms with E-state index in [-0.39, 0.29) is 0 Å². The zero-order valence-corrected chi connectivity index (χ0v) is 7.98. The Morgan fingerprint density at radius 3 is 2.75 bits per heavy atom. The minimum atomic E-state index is 0.498. The van der Waals surface area contributed by atoms with Gasteiger partial charge in [0.1, 0.15) is 0 Å². The molecule has 0 N–H and O–H groups in total. The van der Waals surface area contributed by atoms with Gasteiger partial charge < -0.3 is 4.74 Å². The number of hydrogen-bond acceptors (Lipinski definition) is 2. The molecule has 1 heterocycles. The summed E-state index contributed by atoms with van der Waals surface area (Å²) in [6.45, 7) is 0. The maximum Gasteiger partial charge on any atom is 0.174 e. The number of thiophene rings is 1. The zero-order chi connectivity index (χ0) is 8.23. The van der Waals surface area contributed by atoms with Crippen LogP contribution in [0.4, 0.5) is 0 Å². The Morgan fingerprint density at radius 2 is 2.08 bits per heavy atom. The van der Waals surface area contributed by atoms with Gasteiger partial charge in [0.05, 0.1) is 6.10 Å². The second-order valence-corrected chi connectivity index (χ2v) is 4.22. The number of hydrogen-bond donors (Lipinski definition) is 0. The summed E-state index contributed by atoms with van der Waals surface area (Å²) in [4.78, 5) is 0. The minimum absolute atomic E-state index is 0.498. The Bertz CT molecular complexity index is 212. The van der Waals surface area contributed by atoms with Crippen molar-refractivity contribution in [1.29, 1.82) is 0 Å². The molecule has 0 atom stereocenters. The standard InChI is InChI=1S/C10H14OS/c1-2-5-9(6-3-1)11-10-7-4-8-12-10/h4,7-9H,1-3,5-6H2. The molecule has 1 nitrogen and oxygen atoms in total. The average molecular weight is 182 g/mol. The normalized spacial score (nSPS) is 19.3. The largest absolute Gasteiger partial charge is 0.481 e. The lowest BCUT2D eigenvalue weighted by Gasteiger charge is -2.21. The van der Waals surface area contributed by atoms with Crippen LogP contribution in [-0.2, 0) is 0 Å². The maximum atomic E-state index is 5.81. The van der Waals surface area contributed by atoms with Crippen molar-refractivity contribution in [3.05, 3.63) is 17.5 Å². The summed E-state index contributed by atoms with van der Waals surface area (Å²) in [5.41, 5.74) is 0. The van der Waals surface area contributed by atoms with Crippen LogP contribution in [0.3, 0.4) is 0 Å². The molecule has 0 amide bonds. The molecule has 0 aliphatic heterocycles. The molecule has 1 fully saturated rings. The zero-order valence-electron chi connectivity index (χ0n) is 7.16. The minimum Gasteiger partial charge on any atom is -0.481 e. The molecule has 0 bridgehead atoms. The van der Waals surface area contributed by atoms with E-state index < -0.39 is 0 Å². The quantitative estimate of drug-likeness (QED) is 0.680. The fourth-order valence-corrected chi connectivity index (χ4v) is 2.32. The summed E-state index contributed by atoms with van der Waals surface area (Å²) < 4.78 is 5.81. The van der Waals surface area contributed by atoms with E-state index in [1.807, 2.05) is 6.07 Å². The van der Waals surface area contributed by atoms with Crippen LogP contribution >= 0.6 is 11.3 Å². The van der Waals surface area contributed by atoms with E-state index in [0.29, 0.717) is 6.10 Å². The van der Waals surface area contributed by atoms with Crippen molar-refractivity contribution in [2.45, 2.75) is 38.2 Å². The molecular formula is C10H14OS. The van der Waals surface area contributed by atoms with E-state index in [9.17, 15) is 0 Å². The Labute approximate surface area is 77.4 Å². The summed E-state index contributed by atoms with van der Waals surface area (Å²) in [6, 6.07) is 4.10. The van der Waals surface area contributed by atoms with Gasteiger partial charge in [0, 0.05) is 0 Å². The highest BCUT2D eigenvalue weighted by Gasteiger charge is 2.14. The summed E-state index contributed by atoms with van der Waals surface area (Å²) in [7, 11) is 0. The predicted octanol–water partition coefficient (Wildman–Crippen LogP) is 3.46. The smallest absolute Gasteiger partial charge is 0.174 e. The first kappa shape index (κ1) is 8.11. The Balaban J connectivity index is 1.86. The van der Waals surface area contributed by atoms with Gasteiger partial charge in [0.15, 0.2) is 5.06 Å². The molecule has 1 aromatic rings. The summed E-state index contributed by atoms with van der Waals surface area (Å²) >= 11 is 1.69. The predicted molar refractivity (Wildman–Crippen MR) is 51.8 cm³/mol. The molecule has 0 saturated heterocycles. The molecule has 1 aliphatic rings. The third-order valence-electron chi connectivity index (χ3n) is 2.33. The molecule has 12 heavy (non-hydrogen) atoms. The van der Waals surface area contributed by atoms with Crippen LogP contribution < -0.4 is 4.74 Å². The van der Waals surface area contributed by atoms with Crippen LogP contribution in [0.2, 0.25) is 0 Å². The topological polar surface area (TPSA) is 9.23 Å². The molecule has 2 heteroatoms. The van der Waals surface area contributed by atoms with Gasteiger partial charge in [-0.15, -0.1) is 11.3 Å². The molecule has 0 unspecified atom stereocenters. The van der Waals surface area contributed by atoms with E-state index >= 15 is 0 Å². The second-order valence-electron chi connectivity index (χ2n) is 3.31. The van der Waals surface area contributed by atoms with Crippen LogP contribution in [0.5, 0.6) is 5.06 Å². The van der Waals surface area contributed by atoms with Crippen molar-refractivity contribution < 1.29 is 4.74 Å². The highest BCUT2D eigenvalue weighted by molar-refractivity contribution is 7.11. The van der Waals surface area contributed by atoms with Crippen LogP contribution in [-0.4, -0.2) is 6.10 Å². The Kier molecular flexibility index (Phi) is 2.67. The SMILES string of the molecule is c1csc(OC2CCCCC2)c1. The van der Waals surface area contributed by atoms with Gasteiger partial charge in [-0.2, -0.15) is 0 Å². The van der Waals surface area contributed by atoms with E-state index in [2.05, 4.69) is 11.4 Å². The summed E-state index contributed by atoms with van der Waals surface area (Å²) in [5, 5.41) is 3.15. The molecule has 1 saturated carbocycles. The van der Waals surface area contributed by atoms with Crippen molar-refractivity contribution in [1.82, 2.24) is 0 Å². The second kappa shape index (κ2) is 3.94. The number of rotatable bonds is 2. The van der Waals surface area contributed by atoms with Gasteiger partial charge in [-0.05, 0) is 43.2 Å². The van der Waals surface area contributed by atoms with Crippen molar-refractivity contribution in [3.63, 3.8) is 0 Å². The highest BCUT2D eigenvalue weighted by Crippen LogP contribution is 2.26. The molecule has 2 rings (SSSR count). The van der Waals surface area contributed by atoms with Gasteiger partial charge in [-0.3, -0.25) is 0 Å². The van der Waals surface area contributed by atoms with Crippen LogP contribution in [0.15, 0.2) is 17.5 Å². The van der Waals surface area contributed by atoms with Crippen LogP contribution in [0, 0.1) is 0 Å². The van der Waals surface area contributed by atoms with E-state index in [1.165, 1.54) is 32.1 Å². The Hall–Kier alpha value is -0.500. The first-order chi connectivity index (χ1) is 5.95. The summed E-state index contributed by atoms with van der Waals surface area (Å²) in [5.74, 6) is 0. The fourth-order valence-electron chi connectivity index (χ4n) is 1.68. The maximum absolute atomic E-state index is 5.81. The molecule has 66 valence electrons. The molecular weight excluding hydrogens is 168 g/mol. The van der Waals surface area contributed by atoms with E-state index in [1.54, 1.807) is 11.3 Å². The monoisotopic (exact) mass is 182 g/mol. The van der Waals surface area contributed by atoms with E-state index in [0.717, 1.165) is 5.06 Å². The molecule has 0 aromatic carbocycles. The first-order valence-electron chi connectivity index (χ1n) is 4.65. The fraction of sp³-hybridized carbons (Fsp3) is 0.600. The molecule has 1 aliphatic carbocycles. The molecule has 1 aromatic heterocycles. The van der Waals surface area contributed by atoms with Crippen molar-refractivity contribution in [2.24, 2.45) is 0 Å². The lowest BCUT2D eigenvalue weighted by Crippen LogP contribution is -2.18. The van der Waals surface area contributed by atoms with E-state index in [4.69, 9.17) is 4.74 Å². The lowest BCUT2D eigenvalue weighted by atomic mass is 9.98. The van der Waals surface area contributed by atoms with Gasteiger partial charge in [0.25, 0.3) is 0 Å². The van der Waals surface area contributed by atoms with Crippen molar-refractivity contribution >= 4 is 11.3 Å². The molecule has 0 spiro atoms. The average Bonchev–Trinajstić information content (AvgIpc) is 2.59. The summed E-state index contributed by atoms with van der Waals surface area (Å²) in [6.07, 6.45) is 7.07.